The van der Waals surface area contributed by atoms with Gasteiger partial charge in [0.25, 0.3) is 5.91 Å². The second kappa shape index (κ2) is 6.18. The molecule has 0 bridgehead atoms. The summed E-state index contributed by atoms with van der Waals surface area (Å²) < 4.78 is 5.43. The molecule has 0 aromatic rings. The van der Waals surface area contributed by atoms with Gasteiger partial charge in [-0.3, -0.25) is 4.79 Å². The van der Waals surface area contributed by atoms with Crippen LogP contribution < -0.4 is 10.6 Å². The number of aliphatic hydroxyl groups is 1. The summed E-state index contributed by atoms with van der Waals surface area (Å²) in [6, 6.07) is 0. The minimum Gasteiger partial charge on any atom is -0.392 e. The molecule has 5 nitrogen and oxygen atoms in total. The summed E-state index contributed by atoms with van der Waals surface area (Å²) in [5.74, 6) is -0.0381. The summed E-state index contributed by atoms with van der Waals surface area (Å²) >= 11 is 0. The Morgan fingerprint density at radius 2 is 2.31 bits per heavy atom. The number of aliphatic hydroxyl groups excluding tert-OH is 1. The summed E-state index contributed by atoms with van der Waals surface area (Å²) in [7, 11) is 0. The SMILES string of the molecule is CC(O)CNCCNC(=O)C1(C)CCCO1. The first kappa shape index (κ1) is 13.4. The molecule has 16 heavy (non-hydrogen) atoms. The average molecular weight is 230 g/mol. The molecule has 0 aromatic heterocycles. The fraction of sp³-hybridized carbons (Fsp3) is 0.909. The number of carbonyl (C=O) groups excluding carboxylic acids is 1. The van der Waals surface area contributed by atoms with Crippen LogP contribution in [0.5, 0.6) is 0 Å². The van der Waals surface area contributed by atoms with Crippen molar-refractivity contribution >= 4 is 5.91 Å². The summed E-state index contributed by atoms with van der Waals surface area (Å²) in [6.07, 6.45) is 1.39. The highest BCUT2D eigenvalue weighted by Gasteiger charge is 2.37. The van der Waals surface area contributed by atoms with Gasteiger partial charge in [0.2, 0.25) is 0 Å². The van der Waals surface area contributed by atoms with Crippen LogP contribution in [0.2, 0.25) is 0 Å². The molecular weight excluding hydrogens is 208 g/mol. The lowest BCUT2D eigenvalue weighted by Crippen LogP contribution is -2.46. The van der Waals surface area contributed by atoms with E-state index in [1.54, 1.807) is 6.92 Å². The van der Waals surface area contributed by atoms with Crippen LogP contribution in [0.1, 0.15) is 26.7 Å². The largest absolute Gasteiger partial charge is 0.392 e. The van der Waals surface area contributed by atoms with Crippen molar-refractivity contribution in [3.05, 3.63) is 0 Å². The van der Waals surface area contributed by atoms with Gasteiger partial charge in [-0.2, -0.15) is 0 Å². The van der Waals surface area contributed by atoms with E-state index in [1.807, 2.05) is 6.92 Å². The van der Waals surface area contributed by atoms with Crippen molar-refractivity contribution in [2.24, 2.45) is 0 Å². The zero-order valence-electron chi connectivity index (χ0n) is 10.1. The Labute approximate surface area is 96.6 Å². The van der Waals surface area contributed by atoms with E-state index in [-0.39, 0.29) is 12.0 Å². The number of ether oxygens (including phenoxy) is 1. The monoisotopic (exact) mass is 230 g/mol. The molecule has 1 aliphatic heterocycles. The first-order chi connectivity index (χ1) is 7.54. The molecule has 2 unspecified atom stereocenters. The quantitative estimate of drug-likeness (QED) is 0.545. The predicted molar refractivity (Wildman–Crippen MR) is 61.2 cm³/mol. The van der Waals surface area contributed by atoms with Crippen LogP contribution in [0.25, 0.3) is 0 Å². The van der Waals surface area contributed by atoms with Gasteiger partial charge in [-0.25, -0.2) is 0 Å². The number of amides is 1. The topological polar surface area (TPSA) is 70.6 Å². The van der Waals surface area contributed by atoms with E-state index in [1.165, 1.54) is 0 Å². The van der Waals surface area contributed by atoms with Crippen molar-refractivity contribution in [3.63, 3.8) is 0 Å². The molecule has 94 valence electrons. The Morgan fingerprint density at radius 3 is 2.88 bits per heavy atom. The van der Waals surface area contributed by atoms with Crippen LogP contribution in [0.4, 0.5) is 0 Å². The van der Waals surface area contributed by atoms with E-state index in [0.29, 0.717) is 26.2 Å². The maximum Gasteiger partial charge on any atom is 0.252 e. The Balaban J connectivity index is 2.10. The van der Waals surface area contributed by atoms with Crippen LogP contribution >= 0.6 is 0 Å². The Hall–Kier alpha value is -0.650. The molecule has 5 heteroatoms. The number of hydrogen-bond donors (Lipinski definition) is 3. The lowest BCUT2D eigenvalue weighted by atomic mass is 10.0. The molecule has 0 aromatic carbocycles. The van der Waals surface area contributed by atoms with Gasteiger partial charge in [-0.05, 0) is 26.7 Å². The zero-order valence-corrected chi connectivity index (χ0v) is 10.1. The second-order valence-electron chi connectivity index (χ2n) is 4.49. The Bertz CT molecular complexity index is 225. The van der Waals surface area contributed by atoms with Crippen molar-refractivity contribution in [2.75, 3.05) is 26.2 Å². The normalized spacial score (nSPS) is 26.7. The molecule has 0 spiro atoms. The molecule has 1 heterocycles. The molecule has 1 aliphatic rings. The third-order valence-corrected chi connectivity index (χ3v) is 2.73. The second-order valence-corrected chi connectivity index (χ2v) is 4.49. The van der Waals surface area contributed by atoms with Gasteiger partial charge in [-0.15, -0.1) is 0 Å². The van der Waals surface area contributed by atoms with Gasteiger partial charge >= 0.3 is 0 Å². The molecule has 3 N–H and O–H groups in total. The summed E-state index contributed by atoms with van der Waals surface area (Å²) in [4.78, 5) is 11.8. The fourth-order valence-electron chi connectivity index (χ4n) is 1.72. The van der Waals surface area contributed by atoms with E-state index in [2.05, 4.69) is 10.6 Å². The number of rotatable bonds is 6. The van der Waals surface area contributed by atoms with Crippen LogP contribution in [0.15, 0.2) is 0 Å². The molecule has 2 atom stereocenters. The minimum atomic E-state index is -0.635. The number of carbonyl (C=O) groups is 1. The highest BCUT2D eigenvalue weighted by Crippen LogP contribution is 2.24. The summed E-state index contributed by atoms with van der Waals surface area (Å²) in [5.41, 5.74) is -0.635. The van der Waals surface area contributed by atoms with Crippen molar-refractivity contribution in [2.45, 2.75) is 38.4 Å². The summed E-state index contributed by atoms with van der Waals surface area (Å²) in [6.45, 7) is 5.99. The maximum absolute atomic E-state index is 11.8. The van der Waals surface area contributed by atoms with Gasteiger partial charge in [-0.1, -0.05) is 0 Å². The van der Waals surface area contributed by atoms with E-state index in [4.69, 9.17) is 9.84 Å². The molecule has 1 amide bonds. The Kier molecular flexibility index (Phi) is 5.18. The van der Waals surface area contributed by atoms with Crippen LogP contribution in [0.3, 0.4) is 0 Å². The predicted octanol–water partition coefficient (Wildman–Crippen LogP) is -0.358. The molecular formula is C11H22N2O3. The van der Waals surface area contributed by atoms with Gasteiger partial charge in [0.1, 0.15) is 5.60 Å². The molecule has 0 aliphatic carbocycles. The first-order valence-corrected chi connectivity index (χ1v) is 5.85. The smallest absolute Gasteiger partial charge is 0.252 e. The highest BCUT2D eigenvalue weighted by atomic mass is 16.5. The van der Waals surface area contributed by atoms with E-state index >= 15 is 0 Å². The fourth-order valence-corrected chi connectivity index (χ4v) is 1.72. The molecule has 1 rings (SSSR count). The van der Waals surface area contributed by atoms with Gasteiger partial charge < -0.3 is 20.5 Å². The van der Waals surface area contributed by atoms with Gasteiger partial charge in [0, 0.05) is 26.2 Å². The molecule has 0 saturated carbocycles. The van der Waals surface area contributed by atoms with Crippen LogP contribution in [0, 0.1) is 0 Å². The van der Waals surface area contributed by atoms with Crippen LogP contribution in [-0.2, 0) is 9.53 Å². The molecule has 1 saturated heterocycles. The Morgan fingerprint density at radius 1 is 1.56 bits per heavy atom. The number of nitrogens with one attached hydrogen (secondary N) is 2. The molecule has 0 radical (unpaired) electrons. The highest BCUT2D eigenvalue weighted by molar-refractivity contribution is 5.84. The zero-order chi connectivity index (χ0) is 12.0. The number of hydrogen-bond acceptors (Lipinski definition) is 4. The van der Waals surface area contributed by atoms with Gasteiger partial charge in [0.15, 0.2) is 0 Å². The first-order valence-electron chi connectivity index (χ1n) is 5.85. The van der Waals surface area contributed by atoms with Crippen molar-refractivity contribution in [1.82, 2.24) is 10.6 Å². The minimum absolute atomic E-state index is 0.0381. The van der Waals surface area contributed by atoms with E-state index in [9.17, 15) is 4.79 Å². The maximum atomic E-state index is 11.8. The van der Waals surface area contributed by atoms with Crippen molar-refractivity contribution in [1.29, 1.82) is 0 Å². The van der Waals surface area contributed by atoms with Crippen LogP contribution in [-0.4, -0.2) is 49.0 Å². The lowest BCUT2D eigenvalue weighted by molar-refractivity contribution is -0.139. The van der Waals surface area contributed by atoms with Gasteiger partial charge in [0.05, 0.1) is 6.10 Å². The van der Waals surface area contributed by atoms with E-state index < -0.39 is 5.60 Å². The third kappa shape index (κ3) is 4.08. The van der Waals surface area contributed by atoms with Crippen molar-refractivity contribution < 1.29 is 14.6 Å². The van der Waals surface area contributed by atoms with E-state index in [0.717, 1.165) is 12.8 Å². The standard InChI is InChI=1S/C11H22N2O3/c1-9(14)8-12-5-6-13-10(15)11(2)4-3-7-16-11/h9,12,14H,3-8H2,1-2H3,(H,13,15). The summed E-state index contributed by atoms with van der Waals surface area (Å²) in [5, 5.41) is 14.9. The van der Waals surface area contributed by atoms with Crippen molar-refractivity contribution in [3.8, 4) is 0 Å². The lowest BCUT2D eigenvalue weighted by Gasteiger charge is -2.21. The molecule has 1 fully saturated rings. The third-order valence-electron chi connectivity index (χ3n) is 2.73. The average Bonchev–Trinajstić information content (AvgIpc) is 2.65.